The molecule has 0 radical (unpaired) electrons. The molecule has 1 amide bonds. The van der Waals surface area contributed by atoms with E-state index < -0.39 is 29.0 Å². The number of halogens is 3. The Morgan fingerprint density at radius 2 is 1.81 bits per heavy atom. The van der Waals surface area contributed by atoms with Crippen molar-refractivity contribution in [1.82, 2.24) is 30.0 Å². The van der Waals surface area contributed by atoms with Gasteiger partial charge in [0.15, 0.2) is 5.69 Å². The Kier molecular flexibility index (Phi) is 7.20. The standard InChI is InChI=1S/C26H33ClF2N6O2/c1-25(2,3)20(23-32-33-24(37-23)26(4,5)6)31-22(36)19-18-13-34(7)9-8-10-35(18)21(30-19)14-11-15(27)17(29)12-16(14)28/h11-12,20H,8-10,13H2,1-7H3,(H,31,36). The lowest BCUT2D eigenvalue weighted by molar-refractivity contribution is 0.0877. The van der Waals surface area contributed by atoms with Gasteiger partial charge in [0.25, 0.3) is 5.91 Å². The van der Waals surface area contributed by atoms with Crippen LogP contribution in [0.5, 0.6) is 0 Å². The maximum Gasteiger partial charge on any atom is 0.272 e. The van der Waals surface area contributed by atoms with Crippen molar-refractivity contribution in [2.24, 2.45) is 5.41 Å². The minimum atomic E-state index is -0.856. The number of hydrogen-bond donors (Lipinski definition) is 1. The number of benzene rings is 1. The molecule has 0 aliphatic carbocycles. The van der Waals surface area contributed by atoms with Crippen LogP contribution in [0.25, 0.3) is 11.4 Å². The van der Waals surface area contributed by atoms with Gasteiger partial charge in [-0.2, -0.15) is 0 Å². The monoisotopic (exact) mass is 534 g/mol. The summed E-state index contributed by atoms with van der Waals surface area (Å²) in [7, 11) is 1.95. The molecule has 200 valence electrons. The SMILES string of the molecule is CN1CCCn2c(-c3cc(Cl)c(F)cc3F)nc(C(=O)NC(c3nnc(C(C)(C)C)o3)C(C)(C)C)c2C1. The Hall–Kier alpha value is -2.85. The third kappa shape index (κ3) is 5.55. The fraction of sp³-hybridized carbons (Fsp3) is 0.538. The van der Waals surface area contributed by atoms with Gasteiger partial charge in [0.2, 0.25) is 11.8 Å². The second kappa shape index (κ2) is 9.79. The van der Waals surface area contributed by atoms with Crippen LogP contribution in [0.3, 0.4) is 0 Å². The topological polar surface area (TPSA) is 89.1 Å². The fourth-order valence-electron chi connectivity index (χ4n) is 4.30. The highest BCUT2D eigenvalue weighted by molar-refractivity contribution is 6.31. The van der Waals surface area contributed by atoms with E-state index in [0.29, 0.717) is 30.6 Å². The molecule has 0 spiro atoms. The van der Waals surface area contributed by atoms with Gasteiger partial charge in [-0.15, -0.1) is 10.2 Å². The van der Waals surface area contributed by atoms with E-state index in [1.165, 1.54) is 6.07 Å². The van der Waals surface area contributed by atoms with E-state index in [1.807, 2.05) is 53.2 Å². The van der Waals surface area contributed by atoms with Crippen molar-refractivity contribution in [2.75, 3.05) is 13.6 Å². The Balaban J connectivity index is 1.78. The maximum absolute atomic E-state index is 14.9. The Labute approximate surface area is 220 Å². The number of amides is 1. The summed E-state index contributed by atoms with van der Waals surface area (Å²) >= 11 is 5.97. The van der Waals surface area contributed by atoms with E-state index >= 15 is 0 Å². The number of carbonyl (C=O) groups is 1. The van der Waals surface area contributed by atoms with Crippen LogP contribution in [-0.2, 0) is 18.5 Å². The molecule has 0 bridgehead atoms. The summed E-state index contributed by atoms with van der Waals surface area (Å²) in [5, 5.41) is 11.2. The summed E-state index contributed by atoms with van der Waals surface area (Å²) in [6.45, 7) is 13.5. The zero-order valence-corrected chi connectivity index (χ0v) is 23.0. The van der Waals surface area contributed by atoms with Crippen LogP contribution in [0, 0.1) is 17.0 Å². The van der Waals surface area contributed by atoms with Crippen molar-refractivity contribution in [3.05, 3.63) is 52.0 Å². The molecule has 3 heterocycles. The minimum Gasteiger partial charge on any atom is -0.422 e. The summed E-state index contributed by atoms with van der Waals surface area (Å²) in [6.07, 6.45) is 0.770. The van der Waals surface area contributed by atoms with Crippen LogP contribution in [0.2, 0.25) is 5.02 Å². The minimum absolute atomic E-state index is 0.0374. The Bertz CT molecular complexity index is 1320. The second-order valence-electron chi connectivity index (χ2n) is 11.7. The van der Waals surface area contributed by atoms with Crippen molar-refractivity contribution in [1.29, 1.82) is 0 Å². The largest absolute Gasteiger partial charge is 0.422 e. The second-order valence-corrected chi connectivity index (χ2v) is 12.1. The van der Waals surface area contributed by atoms with Crippen molar-refractivity contribution < 1.29 is 18.0 Å². The van der Waals surface area contributed by atoms with Crippen molar-refractivity contribution in [2.45, 2.75) is 72.5 Å². The van der Waals surface area contributed by atoms with Crippen molar-refractivity contribution in [3.63, 3.8) is 0 Å². The number of aromatic nitrogens is 4. The third-order valence-electron chi connectivity index (χ3n) is 6.35. The van der Waals surface area contributed by atoms with Crippen LogP contribution >= 0.6 is 11.6 Å². The number of rotatable bonds is 4. The lowest BCUT2D eigenvalue weighted by Crippen LogP contribution is -2.37. The molecule has 0 saturated carbocycles. The fourth-order valence-corrected chi connectivity index (χ4v) is 4.47. The molecule has 8 nitrogen and oxygen atoms in total. The average Bonchev–Trinajstić information content (AvgIpc) is 3.35. The molecule has 3 aromatic rings. The van der Waals surface area contributed by atoms with Gasteiger partial charge in [0.1, 0.15) is 23.5 Å². The first kappa shape index (κ1) is 27.2. The van der Waals surface area contributed by atoms with E-state index in [9.17, 15) is 13.6 Å². The van der Waals surface area contributed by atoms with Gasteiger partial charge >= 0.3 is 0 Å². The zero-order valence-electron chi connectivity index (χ0n) is 22.2. The van der Waals surface area contributed by atoms with Gasteiger partial charge in [-0.1, -0.05) is 53.1 Å². The van der Waals surface area contributed by atoms with Crippen molar-refractivity contribution in [3.8, 4) is 11.4 Å². The summed E-state index contributed by atoms with van der Waals surface area (Å²) < 4.78 is 36.5. The normalized spacial score (nSPS) is 15.8. The highest BCUT2D eigenvalue weighted by Crippen LogP contribution is 2.35. The van der Waals surface area contributed by atoms with Crippen LogP contribution in [0.1, 0.15) is 82.0 Å². The molecular weight excluding hydrogens is 502 g/mol. The lowest BCUT2D eigenvalue weighted by Gasteiger charge is -2.28. The molecule has 1 aliphatic rings. The number of carbonyl (C=O) groups excluding carboxylic acids is 1. The maximum atomic E-state index is 14.9. The van der Waals surface area contributed by atoms with E-state index in [4.69, 9.17) is 16.0 Å². The zero-order chi connectivity index (χ0) is 27.3. The van der Waals surface area contributed by atoms with Crippen LogP contribution in [-0.4, -0.2) is 44.1 Å². The molecule has 1 N–H and O–H groups in total. The molecule has 4 rings (SSSR count). The summed E-state index contributed by atoms with van der Waals surface area (Å²) in [5.41, 5.74) is 0.0213. The predicted molar refractivity (Wildman–Crippen MR) is 136 cm³/mol. The highest BCUT2D eigenvalue weighted by Gasteiger charge is 2.36. The quantitative estimate of drug-likeness (QED) is 0.444. The molecule has 11 heteroatoms. The Morgan fingerprint density at radius 3 is 2.43 bits per heavy atom. The highest BCUT2D eigenvalue weighted by atomic mass is 35.5. The summed E-state index contributed by atoms with van der Waals surface area (Å²) in [4.78, 5) is 20.4. The van der Waals surface area contributed by atoms with Gasteiger partial charge in [-0.3, -0.25) is 4.79 Å². The van der Waals surface area contributed by atoms with Gasteiger partial charge in [-0.05, 0) is 31.5 Å². The van der Waals surface area contributed by atoms with Crippen molar-refractivity contribution >= 4 is 17.5 Å². The molecule has 1 aliphatic heterocycles. The number of fused-ring (bicyclic) bond motifs is 1. The molecule has 0 fully saturated rings. The first-order valence-electron chi connectivity index (χ1n) is 12.2. The van der Waals surface area contributed by atoms with Crippen LogP contribution < -0.4 is 5.32 Å². The summed E-state index contributed by atoms with van der Waals surface area (Å²) in [6, 6.07) is 1.34. The van der Waals surface area contributed by atoms with E-state index in [0.717, 1.165) is 19.0 Å². The lowest BCUT2D eigenvalue weighted by atomic mass is 9.86. The predicted octanol–water partition coefficient (Wildman–Crippen LogP) is 5.51. The van der Waals surface area contributed by atoms with Gasteiger partial charge < -0.3 is 19.2 Å². The van der Waals surface area contributed by atoms with Gasteiger partial charge in [0.05, 0.1) is 16.3 Å². The molecule has 0 saturated heterocycles. The van der Waals surface area contributed by atoms with E-state index in [1.54, 1.807) is 0 Å². The first-order chi connectivity index (χ1) is 17.2. The van der Waals surface area contributed by atoms with Crippen LogP contribution in [0.4, 0.5) is 8.78 Å². The van der Waals surface area contributed by atoms with E-state index in [-0.39, 0.29) is 27.5 Å². The summed E-state index contributed by atoms with van der Waals surface area (Å²) in [5.74, 6) is -1.11. The number of nitrogens with one attached hydrogen (secondary N) is 1. The molecule has 1 aromatic carbocycles. The Morgan fingerprint density at radius 1 is 1.11 bits per heavy atom. The number of nitrogens with zero attached hydrogens (tertiary/aromatic N) is 5. The number of imidazole rings is 1. The third-order valence-corrected chi connectivity index (χ3v) is 6.64. The molecule has 1 unspecified atom stereocenters. The first-order valence-corrected chi connectivity index (χ1v) is 12.6. The molecule has 2 aromatic heterocycles. The van der Waals surface area contributed by atoms with Gasteiger partial charge in [-0.25, -0.2) is 13.8 Å². The average molecular weight is 535 g/mol. The van der Waals surface area contributed by atoms with Crippen LogP contribution in [0.15, 0.2) is 16.5 Å². The molecular formula is C26H33ClF2N6O2. The van der Waals surface area contributed by atoms with Gasteiger partial charge in [0, 0.05) is 24.6 Å². The molecule has 37 heavy (non-hydrogen) atoms. The molecule has 1 atom stereocenters. The smallest absolute Gasteiger partial charge is 0.272 e. The van der Waals surface area contributed by atoms with E-state index in [2.05, 4.69) is 25.4 Å². The number of hydrogen-bond acceptors (Lipinski definition) is 6.